The summed E-state index contributed by atoms with van der Waals surface area (Å²) >= 11 is 0. The average molecular weight is 700 g/mol. The first kappa shape index (κ1) is 38.5. The Morgan fingerprint density at radius 3 is 1.52 bits per heavy atom. The molecular weight excluding hydrogens is 640 g/mol. The molecule has 1 aromatic carbocycles. The van der Waals surface area contributed by atoms with Gasteiger partial charge in [-0.15, -0.1) is 4.58 Å². The van der Waals surface area contributed by atoms with Crippen LogP contribution in [-0.4, -0.2) is 39.9 Å². The summed E-state index contributed by atoms with van der Waals surface area (Å²) in [5.41, 5.74) is 7.11. The molecule has 1 saturated heterocycles. The van der Waals surface area contributed by atoms with Crippen LogP contribution >= 0.6 is 0 Å². The Hall–Kier alpha value is -2.71. The molecule has 1 spiro atoms. The molecule has 4 heterocycles. The second kappa shape index (κ2) is 11.6. The maximum atomic E-state index is 15.4. The van der Waals surface area contributed by atoms with Gasteiger partial charge in [0.25, 0.3) is 0 Å². The molecular formula is C42H59F4N2O2+. The zero-order valence-corrected chi connectivity index (χ0v) is 33.2. The third kappa shape index (κ3) is 6.14. The monoisotopic (exact) mass is 699 g/mol. The first-order chi connectivity index (χ1) is 22.5. The number of allylic oxidation sites excluding steroid dienone is 2. The molecule has 1 fully saturated rings. The number of hydrogen-bond acceptors (Lipinski definition) is 2. The number of ether oxygens (including phenoxy) is 2. The van der Waals surface area contributed by atoms with Gasteiger partial charge in [0.05, 0.1) is 11.3 Å². The van der Waals surface area contributed by atoms with Crippen LogP contribution in [0.2, 0.25) is 0 Å². The standard InChI is InChI=1S/C42H59F4N2O2/c1-24(2)26-17-27(25(3)4)19-28(18-26)33-34-29(36(5,6)7)20-31(38(11,12)13)47(34)42(49-22-40(43,44)41(45,46)23-50-42)48-32(39(14,15)16)21-30(35(33)48)37(8,9)10/h17-21,24-25H,22-23H2,1-16H3/q+1. The van der Waals surface area contributed by atoms with Crippen LogP contribution in [0.4, 0.5) is 17.6 Å². The minimum atomic E-state index is -4.46. The van der Waals surface area contributed by atoms with Crippen LogP contribution in [0.3, 0.4) is 0 Å². The molecule has 0 atom stereocenters. The number of benzene rings is 1. The van der Waals surface area contributed by atoms with Gasteiger partial charge in [0.15, 0.2) is 5.71 Å². The summed E-state index contributed by atoms with van der Waals surface area (Å²) in [5, 5.41) is 0. The fourth-order valence-electron chi connectivity index (χ4n) is 7.20. The van der Waals surface area contributed by atoms with E-state index in [1.165, 1.54) is 11.1 Å². The quantitative estimate of drug-likeness (QED) is 0.235. The predicted octanol–water partition coefficient (Wildman–Crippen LogP) is 11.5. The van der Waals surface area contributed by atoms with Gasteiger partial charge in [0, 0.05) is 28.2 Å². The summed E-state index contributed by atoms with van der Waals surface area (Å²) in [6, 6.07) is 6.68. The molecule has 50 heavy (non-hydrogen) atoms. The van der Waals surface area contributed by atoms with Gasteiger partial charge in [-0.25, -0.2) is 4.57 Å². The summed E-state index contributed by atoms with van der Waals surface area (Å²) in [6.45, 7) is 30.7. The Bertz CT molecular complexity index is 1750. The van der Waals surface area contributed by atoms with Crippen molar-refractivity contribution in [2.45, 2.75) is 151 Å². The number of aromatic nitrogens is 1. The lowest BCUT2D eigenvalue weighted by Crippen LogP contribution is -2.56. The molecule has 3 aliphatic heterocycles. The van der Waals surface area contributed by atoms with Crippen molar-refractivity contribution in [2.24, 2.45) is 10.8 Å². The van der Waals surface area contributed by atoms with Crippen molar-refractivity contribution in [2.75, 3.05) is 13.2 Å². The molecule has 5 rings (SSSR count). The number of nitrogens with zero attached hydrogens (tertiary/aromatic N) is 2. The van der Waals surface area contributed by atoms with Crippen molar-refractivity contribution in [1.82, 2.24) is 4.57 Å². The van der Waals surface area contributed by atoms with Crippen molar-refractivity contribution < 1.29 is 31.6 Å². The Morgan fingerprint density at radius 2 is 1.14 bits per heavy atom. The summed E-state index contributed by atoms with van der Waals surface area (Å²) in [5.74, 6) is -8.44. The largest absolute Gasteiger partial charge is 0.492 e. The van der Waals surface area contributed by atoms with E-state index in [1.54, 1.807) is 0 Å². The molecule has 1 aromatic heterocycles. The van der Waals surface area contributed by atoms with Crippen LogP contribution in [-0.2, 0) is 26.3 Å². The van der Waals surface area contributed by atoms with Crippen molar-refractivity contribution in [3.05, 3.63) is 75.3 Å². The third-order valence-corrected chi connectivity index (χ3v) is 10.2. The summed E-state index contributed by atoms with van der Waals surface area (Å²) in [6.07, 6.45) is 2.11. The number of rotatable bonds is 3. The minimum Gasteiger partial charge on any atom is -0.268 e. The molecule has 4 nitrogen and oxygen atoms in total. The van der Waals surface area contributed by atoms with Crippen molar-refractivity contribution in [3.63, 3.8) is 0 Å². The second-order valence-electron chi connectivity index (χ2n) is 19.4. The molecule has 8 heteroatoms. The zero-order chi connectivity index (χ0) is 37.9. The molecule has 0 aliphatic carbocycles. The van der Waals surface area contributed by atoms with Crippen LogP contribution in [0.1, 0.15) is 156 Å². The SMILES string of the molecule is CC(C)c1cc(C2=C3C(C(C)(C)C)=CC(C(C)(C)C)=[N+]3C3(OCC(F)(F)C(F)(F)CO3)n3c(C(C)(C)C)cc(C(C)(C)C)c32)cc(C(C)C)c1. The Kier molecular flexibility index (Phi) is 8.97. The highest BCUT2D eigenvalue weighted by atomic mass is 19.3. The van der Waals surface area contributed by atoms with E-state index < -0.39 is 52.8 Å². The summed E-state index contributed by atoms with van der Waals surface area (Å²) in [4.78, 5) is 0. The lowest BCUT2D eigenvalue weighted by molar-refractivity contribution is -0.728. The van der Waals surface area contributed by atoms with Crippen LogP contribution in [0.15, 0.2) is 41.6 Å². The highest BCUT2D eigenvalue weighted by Gasteiger charge is 2.69. The van der Waals surface area contributed by atoms with E-state index in [0.717, 1.165) is 45.1 Å². The van der Waals surface area contributed by atoms with E-state index in [2.05, 4.69) is 99.6 Å². The fourth-order valence-corrected chi connectivity index (χ4v) is 7.20. The predicted molar refractivity (Wildman–Crippen MR) is 195 cm³/mol. The molecule has 0 N–H and O–H groups in total. The maximum Gasteiger partial charge on any atom is 0.492 e. The van der Waals surface area contributed by atoms with E-state index in [0.29, 0.717) is 0 Å². The lowest BCUT2D eigenvalue weighted by atomic mass is 9.78. The Morgan fingerprint density at radius 1 is 0.660 bits per heavy atom. The van der Waals surface area contributed by atoms with E-state index in [4.69, 9.17) is 9.47 Å². The topological polar surface area (TPSA) is 26.4 Å². The van der Waals surface area contributed by atoms with Crippen molar-refractivity contribution in [1.29, 1.82) is 0 Å². The molecule has 3 aliphatic rings. The number of alkyl halides is 4. The first-order valence-corrected chi connectivity index (χ1v) is 18.1. The van der Waals surface area contributed by atoms with E-state index in [9.17, 15) is 0 Å². The summed E-state index contributed by atoms with van der Waals surface area (Å²) in [7, 11) is 0. The van der Waals surface area contributed by atoms with Gasteiger partial charge in [-0.1, -0.05) is 129 Å². The van der Waals surface area contributed by atoms with E-state index in [-0.39, 0.29) is 11.8 Å². The summed E-state index contributed by atoms with van der Waals surface area (Å²) < 4.78 is 77.9. The second-order valence-corrected chi connectivity index (χ2v) is 19.4. The van der Waals surface area contributed by atoms with Gasteiger partial charge < -0.3 is 0 Å². The molecule has 276 valence electrons. The first-order valence-electron chi connectivity index (χ1n) is 18.1. The molecule has 0 bridgehead atoms. The van der Waals surface area contributed by atoms with Crippen LogP contribution in [0.5, 0.6) is 0 Å². The van der Waals surface area contributed by atoms with Crippen LogP contribution in [0.25, 0.3) is 5.57 Å². The van der Waals surface area contributed by atoms with Gasteiger partial charge in [0.2, 0.25) is 5.70 Å². The number of halogens is 4. The van der Waals surface area contributed by atoms with Gasteiger partial charge >= 0.3 is 17.9 Å². The van der Waals surface area contributed by atoms with Gasteiger partial charge in [-0.05, 0) is 51.0 Å². The third-order valence-electron chi connectivity index (χ3n) is 10.2. The van der Waals surface area contributed by atoms with Gasteiger partial charge in [-0.3, -0.25) is 9.47 Å². The molecule has 0 unspecified atom stereocenters. The molecule has 0 amide bonds. The maximum absolute atomic E-state index is 15.4. The van der Waals surface area contributed by atoms with Crippen LogP contribution in [0, 0.1) is 10.8 Å². The number of hydrogen-bond donors (Lipinski definition) is 0. The highest BCUT2D eigenvalue weighted by Crippen LogP contribution is 2.56. The molecule has 0 radical (unpaired) electrons. The van der Waals surface area contributed by atoms with Crippen molar-refractivity contribution >= 4 is 11.3 Å². The minimum absolute atomic E-state index is 0.235. The Balaban J connectivity index is 2.14. The average Bonchev–Trinajstić information content (AvgIpc) is 3.54. The Labute approximate surface area is 297 Å². The van der Waals surface area contributed by atoms with E-state index in [1.807, 2.05) is 50.7 Å². The zero-order valence-electron chi connectivity index (χ0n) is 33.2. The van der Waals surface area contributed by atoms with E-state index >= 15 is 17.6 Å². The highest BCUT2D eigenvalue weighted by molar-refractivity contribution is 6.01. The van der Waals surface area contributed by atoms with Gasteiger partial charge in [0.1, 0.15) is 13.2 Å². The lowest BCUT2D eigenvalue weighted by Gasteiger charge is -2.40. The number of fused-ring (bicyclic) bond motifs is 4. The fraction of sp³-hybridized carbons (Fsp3) is 0.643. The normalized spacial score (nSPS) is 20.9. The molecule has 2 aromatic rings. The van der Waals surface area contributed by atoms with Crippen LogP contribution < -0.4 is 0 Å². The molecule has 0 saturated carbocycles. The smallest absolute Gasteiger partial charge is 0.268 e. The van der Waals surface area contributed by atoms with Crippen molar-refractivity contribution in [3.8, 4) is 0 Å². The van der Waals surface area contributed by atoms with Gasteiger partial charge in [-0.2, -0.15) is 17.6 Å².